The normalized spacial score (nSPS) is 11.3. The van der Waals surface area contributed by atoms with Gasteiger partial charge in [0, 0.05) is 34.9 Å². The predicted molar refractivity (Wildman–Crippen MR) is 73.6 cm³/mol. The van der Waals surface area contributed by atoms with Crippen molar-refractivity contribution in [2.24, 2.45) is 5.73 Å². The number of carbonyl (C=O) groups excluding carboxylic acids is 1. The van der Waals surface area contributed by atoms with E-state index in [4.69, 9.17) is 5.73 Å². The van der Waals surface area contributed by atoms with Crippen molar-refractivity contribution >= 4 is 16.7 Å². The minimum Gasteiger partial charge on any atom is -0.351 e. The molecule has 19 heavy (non-hydrogen) atoms. The third kappa shape index (κ3) is 5.20. The summed E-state index contributed by atoms with van der Waals surface area (Å²) in [4.78, 5) is 11.7. The van der Waals surface area contributed by atoms with E-state index in [0.29, 0.717) is 11.3 Å². The average molecular weight is 282 g/mol. The summed E-state index contributed by atoms with van der Waals surface area (Å²) >= 11 is 0. The first-order valence-electron chi connectivity index (χ1n) is 5.61. The third-order valence-electron chi connectivity index (χ3n) is 2.22. The van der Waals surface area contributed by atoms with Crippen molar-refractivity contribution in [3.63, 3.8) is 0 Å². The molecule has 0 spiro atoms. The van der Waals surface area contributed by atoms with E-state index in [9.17, 15) is 13.4 Å². The largest absolute Gasteiger partial charge is 0.351 e. The molecule has 102 valence electrons. The van der Waals surface area contributed by atoms with Crippen LogP contribution >= 0.6 is 0 Å². The van der Waals surface area contributed by atoms with E-state index in [1.165, 1.54) is 18.4 Å². The van der Waals surface area contributed by atoms with Gasteiger partial charge in [-0.3, -0.25) is 9.00 Å². The van der Waals surface area contributed by atoms with Gasteiger partial charge in [-0.25, -0.2) is 4.39 Å². The standard InChI is InChI=1S/C13H15FN2O2S/c1-19(18)8-7-16-13(17)11-5-4-10(3-2-6-15)9-12(11)14/h4-5,9H,6-8,15H2,1H3,(H,16,17). The van der Waals surface area contributed by atoms with Crippen LogP contribution in [0.5, 0.6) is 0 Å². The Morgan fingerprint density at radius 2 is 2.26 bits per heavy atom. The molecule has 0 aromatic heterocycles. The van der Waals surface area contributed by atoms with Crippen molar-refractivity contribution < 1.29 is 13.4 Å². The number of nitrogens with one attached hydrogen (secondary N) is 1. The zero-order valence-corrected chi connectivity index (χ0v) is 11.3. The lowest BCUT2D eigenvalue weighted by Crippen LogP contribution is -2.28. The molecule has 1 rings (SSSR count). The Morgan fingerprint density at radius 1 is 1.53 bits per heavy atom. The van der Waals surface area contributed by atoms with Gasteiger partial charge in [0.25, 0.3) is 5.91 Å². The van der Waals surface area contributed by atoms with E-state index in [1.54, 1.807) is 6.07 Å². The molecule has 0 fully saturated rings. The fourth-order valence-electron chi connectivity index (χ4n) is 1.33. The van der Waals surface area contributed by atoms with Gasteiger partial charge in [-0.1, -0.05) is 11.8 Å². The van der Waals surface area contributed by atoms with Crippen LogP contribution < -0.4 is 11.1 Å². The first-order chi connectivity index (χ1) is 9.04. The molecule has 1 unspecified atom stereocenters. The van der Waals surface area contributed by atoms with Crippen LogP contribution in [0.1, 0.15) is 15.9 Å². The van der Waals surface area contributed by atoms with Gasteiger partial charge in [0.1, 0.15) is 5.82 Å². The monoisotopic (exact) mass is 282 g/mol. The average Bonchev–Trinajstić information content (AvgIpc) is 2.35. The Balaban J connectivity index is 2.73. The molecular weight excluding hydrogens is 267 g/mol. The number of carbonyl (C=O) groups is 1. The smallest absolute Gasteiger partial charge is 0.254 e. The van der Waals surface area contributed by atoms with E-state index in [-0.39, 0.29) is 18.7 Å². The molecule has 0 radical (unpaired) electrons. The van der Waals surface area contributed by atoms with Gasteiger partial charge in [0.2, 0.25) is 0 Å². The van der Waals surface area contributed by atoms with Gasteiger partial charge in [-0.2, -0.15) is 0 Å². The highest BCUT2D eigenvalue weighted by Gasteiger charge is 2.11. The second-order valence-electron chi connectivity index (χ2n) is 3.73. The number of hydrogen-bond acceptors (Lipinski definition) is 3. The third-order valence-corrected chi connectivity index (χ3v) is 3.00. The van der Waals surface area contributed by atoms with Crippen molar-refractivity contribution in [1.29, 1.82) is 0 Å². The summed E-state index contributed by atoms with van der Waals surface area (Å²) in [6.07, 6.45) is 1.54. The SMILES string of the molecule is CS(=O)CCNC(=O)c1ccc(C#CCN)cc1F. The quantitative estimate of drug-likeness (QED) is 0.777. The summed E-state index contributed by atoms with van der Waals surface area (Å²) in [6, 6.07) is 4.11. The number of hydrogen-bond donors (Lipinski definition) is 2. The Hall–Kier alpha value is -1.71. The fourth-order valence-corrected chi connectivity index (χ4v) is 1.72. The lowest BCUT2D eigenvalue weighted by molar-refractivity contribution is 0.0952. The van der Waals surface area contributed by atoms with Gasteiger partial charge in [0.15, 0.2) is 0 Å². The van der Waals surface area contributed by atoms with E-state index in [2.05, 4.69) is 17.2 Å². The van der Waals surface area contributed by atoms with Crippen LogP contribution in [0.15, 0.2) is 18.2 Å². The Morgan fingerprint density at radius 3 is 2.84 bits per heavy atom. The van der Waals surface area contributed by atoms with Crippen LogP contribution in [0.2, 0.25) is 0 Å². The molecule has 1 aromatic carbocycles. The van der Waals surface area contributed by atoms with Crippen molar-refractivity contribution in [2.45, 2.75) is 0 Å². The van der Waals surface area contributed by atoms with Crippen LogP contribution in [0, 0.1) is 17.7 Å². The molecule has 4 nitrogen and oxygen atoms in total. The molecule has 3 N–H and O–H groups in total. The molecular formula is C13H15FN2O2S. The summed E-state index contributed by atoms with van der Waals surface area (Å²) in [6.45, 7) is 0.439. The number of rotatable bonds is 4. The Kier molecular flexibility index (Phi) is 6.19. The predicted octanol–water partition coefficient (Wildman–Crippen LogP) is 0.244. The topological polar surface area (TPSA) is 72.2 Å². The van der Waals surface area contributed by atoms with Crippen molar-refractivity contribution in [2.75, 3.05) is 25.1 Å². The molecule has 0 saturated carbocycles. The molecule has 1 atom stereocenters. The lowest BCUT2D eigenvalue weighted by atomic mass is 10.1. The number of amides is 1. The molecule has 1 aromatic rings. The maximum Gasteiger partial charge on any atom is 0.254 e. The molecule has 0 aliphatic heterocycles. The first kappa shape index (κ1) is 15.3. The molecule has 0 bridgehead atoms. The Labute approximate surface area is 114 Å². The van der Waals surface area contributed by atoms with E-state index >= 15 is 0 Å². The van der Waals surface area contributed by atoms with Gasteiger partial charge in [-0.05, 0) is 18.2 Å². The molecule has 0 saturated heterocycles. The minimum atomic E-state index is -0.990. The fraction of sp³-hybridized carbons (Fsp3) is 0.308. The van der Waals surface area contributed by atoms with Gasteiger partial charge < -0.3 is 11.1 Å². The van der Waals surface area contributed by atoms with Crippen LogP contribution in [0.3, 0.4) is 0 Å². The van der Waals surface area contributed by atoms with Crippen LogP contribution in [0.4, 0.5) is 4.39 Å². The van der Waals surface area contributed by atoms with E-state index in [1.807, 2.05) is 0 Å². The zero-order valence-electron chi connectivity index (χ0n) is 10.5. The van der Waals surface area contributed by atoms with E-state index in [0.717, 1.165) is 0 Å². The second kappa shape index (κ2) is 7.67. The van der Waals surface area contributed by atoms with Crippen LogP contribution in [0.25, 0.3) is 0 Å². The van der Waals surface area contributed by atoms with Crippen molar-refractivity contribution in [3.05, 3.63) is 35.1 Å². The maximum atomic E-state index is 13.7. The highest BCUT2D eigenvalue weighted by molar-refractivity contribution is 7.84. The second-order valence-corrected chi connectivity index (χ2v) is 5.29. The molecule has 1 amide bonds. The summed E-state index contributed by atoms with van der Waals surface area (Å²) in [5, 5.41) is 2.51. The van der Waals surface area contributed by atoms with Crippen LogP contribution in [-0.4, -0.2) is 35.2 Å². The van der Waals surface area contributed by atoms with Crippen LogP contribution in [-0.2, 0) is 10.8 Å². The number of benzene rings is 1. The Bertz CT molecular complexity index is 549. The number of halogens is 1. The summed E-state index contributed by atoms with van der Waals surface area (Å²) in [5.41, 5.74) is 5.63. The molecule has 0 heterocycles. The van der Waals surface area contributed by atoms with Crippen molar-refractivity contribution in [3.8, 4) is 11.8 Å². The lowest BCUT2D eigenvalue weighted by Gasteiger charge is -2.05. The summed E-state index contributed by atoms with van der Waals surface area (Å²) < 4.78 is 24.5. The van der Waals surface area contributed by atoms with Gasteiger partial charge >= 0.3 is 0 Å². The summed E-state index contributed by atoms with van der Waals surface area (Å²) in [7, 11) is -0.990. The van der Waals surface area contributed by atoms with Crippen molar-refractivity contribution in [1.82, 2.24) is 5.32 Å². The minimum absolute atomic E-state index is 0.0554. The van der Waals surface area contributed by atoms with Gasteiger partial charge in [-0.15, -0.1) is 0 Å². The zero-order chi connectivity index (χ0) is 14.3. The first-order valence-corrected chi connectivity index (χ1v) is 7.34. The van der Waals surface area contributed by atoms with Gasteiger partial charge in [0.05, 0.1) is 12.1 Å². The number of nitrogens with two attached hydrogens (primary N) is 1. The molecule has 0 aliphatic carbocycles. The van der Waals surface area contributed by atoms with E-state index < -0.39 is 22.5 Å². The highest BCUT2D eigenvalue weighted by Crippen LogP contribution is 2.09. The maximum absolute atomic E-state index is 13.7. The summed E-state index contributed by atoms with van der Waals surface area (Å²) in [5.74, 6) is 4.46. The molecule has 6 heteroatoms. The highest BCUT2D eigenvalue weighted by atomic mass is 32.2. The molecule has 0 aliphatic rings.